The first-order valence-electron chi connectivity index (χ1n) is 4.00. The van der Waals surface area contributed by atoms with E-state index < -0.39 is 27.7 Å². The van der Waals surface area contributed by atoms with Crippen molar-refractivity contribution in [1.29, 1.82) is 0 Å². The summed E-state index contributed by atoms with van der Waals surface area (Å²) >= 11 is 1.28. The van der Waals surface area contributed by atoms with Crippen LogP contribution in [0, 0.1) is 5.92 Å². The number of aliphatic hydroxyl groups is 1. The molecule has 0 aliphatic rings. The van der Waals surface area contributed by atoms with E-state index in [4.69, 9.17) is 0 Å². The van der Waals surface area contributed by atoms with Gasteiger partial charge in [0.2, 0.25) is 0 Å². The summed E-state index contributed by atoms with van der Waals surface area (Å²) in [5, 5.41) is 9.25. The van der Waals surface area contributed by atoms with E-state index in [1.807, 2.05) is 0 Å². The smallest absolute Gasteiger partial charge is 0.388 e. The van der Waals surface area contributed by atoms with E-state index in [0.717, 1.165) is 0 Å². The largest absolute Gasteiger partial charge is 0.457 e. The first-order chi connectivity index (χ1) is 6.49. The van der Waals surface area contributed by atoms with Gasteiger partial charge in [-0.15, -0.1) is 0 Å². The van der Waals surface area contributed by atoms with E-state index in [-0.39, 0.29) is 6.08 Å². The van der Waals surface area contributed by atoms with E-state index in [0.29, 0.717) is 0 Å². The number of allylic oxidation sites excluding steroid dienone is 1. The highest BCUT2D eigenvalue weighted by molar-refractivity contribution is 14.1. The SMILES string of the molecule is CC(C)C(O)/C(I)=C/C(F)(F)C(F)(F)F. The molecule has 0 saturated heterocycles. The fraction of sp³-hybridized carbons (Fsp3) is 0.750. The number of halogens is 6. The highest BCUT2D eigenvalue weighted by atomic mass is 127. The Labute approximate surface area is 97.5 Å². The van der Waals surface area contributed by atoms with Crippen molar-refractivity contribution in [3.05, 3.63) is 9.66 Å². The van der Waals surface area contributed by atoms with Crippen LogP contribution in [0.4, 0.5) is 22.0 Å². The van der Waals surface area contributed by atoms with Gasteiger partial charge in [0.15, 0.2) is 0 Å². The van der Waals surface area contributed by atoms with Gasteiger partial charge < -0.3 is 5.11 Å². The van der Waals surface area contributed by atoms with Crippen LogP contribution in [0.3, 0.4) is 0 Å². The highest BCUT2D eigenvalue weighted by Gasteiger charge is 2.56. The van der Waals surface area contributed by atoms with Gasteiger partial charge >= 0.3 is 12.1 Å². The van der Waals surface area contributed by atoms with E-state index >= 15 is 0 Å². The molecule has 0 spiro atoms. The molecule has 0 heterocycles. The number of aliphatic hydroxyl groups excluding tert-OH is 1. The zero-order valence-electron chi connectivity index (χ0n) is 7.95. The fourth-order valence-electron chi connectivity index (χ4n) is 0.659. The fourth-order valence-corrected chi connectivity index (χ4v) is 1.77. The van der Waals surface area contributed by atoms with Gasteiger partial charge in [-0.05, 0) is 28.5 Å². The van der Waals surface area contributed by atoms with Crippen LogP contribution >= 0.6 is 22.6 Å². The molecule has 0 bridgehead atoms. The zero-order valence-corrected chi connectivity index (χ0v) is 10.1. The van der Waals surface area contributed by atoms with Gasteiger partial charge in [0.25, 0.3) is 0 Å². The first kappa shape index (κ1) is 15.1. The number of rotatable bonds is 3. The minimum Gasteiger partial charge on any atom is -0.388 e. The van der Waals surface area contributed by atoms with Crippen LogP contribution in [-0.4, -0.2) is 23.3 Å². The molecule has 0 aliphatic carbocycles. The topological polar surface area (TPSA) is 20.2 Å². The summed E-state index contributed by atoms with van der Waals surface area (Å²) in [6.45, 7) is 3.03. The maximum Gasteiger partial charge on any atom is 0.457 e. The quantitative estimate of drug-likeness (QED) is 0.614. The second-order valence-electron chi connectivity index (χ2n) is 3.34. The molecular weight excluding hydrogens is 334 g/mol. The second-order valence-corrected chi connectivity index (χ2v) is 4.58. The number of alkyl halides is 5. The molecule has 0 saturated carbocycles. The monoisotopic (exact) mass is 344 g/mol. The van der Waals surface area contributed by atoms with E-state index in [2.05, 4.69) is 0 Å². The molecule has 0 aromatic heterocycles. The van der Waals surface area contributed by atoms with Crippen LogP contribution in [0.15, 0.2) is 9.66 Å². The van der Waals surface area contributed by atoms with Crippen molar-refractivity contribution < 1.29 is 27.1 Å². The lowest BCUT2D eigenvalue weighted by Crippen LogP contribution is -2.35. The van der Waals surface area contributed by atoms with E-state index in [1.54, 1.807) is 0 Å². The van der Waals surface area contributed by atoms with Crippen LogP contribution in [-0.2, 0) is 0 Å². The molecule has 0 aromatic carbocycles. The van der Waals surface area contributed by atoms with Crippen LogP contribution in [0.2, 0.25) is 0 Å². The maximum absolute atomic E-state index is 12.5. The van der Waals surface area contributed by atoms with Crippen LogP contribution in [0.1, 0.15) is 13.8 Å². The summed E-state index contributed by atoms with van der Waals surface area (Å²) < 4.78 is 59.9. The predicted octanol–water partition coefficient (Wildman–Crippen LogP) is 3.52. The van der Waals surface area contributed by atoms with Gasteiger partial charge in [-0.2, -0.15) is 22.0 Å². The van der Waals surface area contributed by atoms with Crippen molar-refractivity contribution >= 4 is 22.6 Å². The molecule has 90 valence electrons. The van der Waals surface area contributed by atoms with Gasteiger partial charge in [0, 0.05) is 9.66 Å². The Kier molecular flexibility index (Phi) is 4.97. The molecule has 0 aliphatic heterocycles. The molecule has 0 amide bonds. The third kappa shape index (κ3) is 4.21. The van der Waals surface area contributed by atoms with Crippen LogP contribution in [0.5, 0.6) is 0 Å². The minimum atomic E-state index is -5.62. The van der Waals surface area contributed by atoms with Crippen molar-refractivity contribution in [3.63, 3.8) is 0 Å². The van der Waals surface area contributed by atoms with Crippen LogP contribution < -0.4 is 0 Å². The normalized spacial score (nSPS) is 17.1. The molecule has 1 atom stereocenters. The molecule has 0 fully saturated rings. The van der Waals surface area contributed by atoms with Gasteiger partial charge in [-0.1, -0.05) is 13.8 Å². The molecule has 0 radical (unpaired) electrons. The third-order valence-electron chi connectivity index (χ3n) is 1.61. The third-order valence-corrected chi connectivity index (χ3v) is 2.56. The van der Waals surface area contributed by atoms with Gasteiger partial charge in [0.1, 0.15) is 0 Å². The summed E-state index contributed by atoms with van der Waals surface area (Å²) in [5.74, 6) is -5.32. The van der Waals surface area contributed by atoms with Gasteiger partial charge in [-0.25, -0.2) is 0 Å². The summed E-state index contributed by atoms with van der Waals surface area (Å²) in [4.78, 5) is 0. The Morgan fingerprint density at radius 2 is 1.60 bits per heavy atom. The van der Waals surface area contributed by atoms with Crippen LogP contribution in [0.25, 0.3) is 0 Å². The Balaban J connectivity index is 4.90. The standard InChI is InChI=1S/C8H10F5IO/c1-4(2)6(15)5(14)3-7(9,10)8(11,12)13/h3-4,6,15H,1-2H3/b5-3-. The number of hydrogen-bond acceptors (Lipinski definition) is 1. The van der Waals surface area contributed by atoms with Crippen molar-refractivity contribution in [2.45, 2.75) is 32.1 Å². The Bertz CT molecular complexity index is 246. The predicted molar refractivity (Wildman–Crippen MR) is 53.9 cm³/mol. The summed E-state index contributed by atoms with van der Waals surface area (Å²) in [6.07, 6.45) is -7.18. The minimum absolute atomic E-state index is 0.252. The van der Waals surface area contributed by atoms with Crippen molar-refractivity contribution in [2.75, 3.05) is 0 Å². The van der Waals surface area contributed by atoms with Crippen molar-refractivity contribution in [3.8, 4) is 0 Å². The molecule has 1 N–H and O–H groups in total. The molecule has 0 aromatic rings. The molecule has 0 rings (SSSR count). The first-order valence-corrected chi connectivity index (χ1v) is 5.07. The second kappa shape index (κ2) is 4.94. The molecule has 1 nitrogen and oxygen atoms in total. The Morgan fingerprint density at radius 3 is 1.87 bits per heavy atom. The Morgan fingerprint density at radius 1 is 1.20 bits per heavy atom. The number of hydrogen-bond donors (Lipinski definition) is 1. The lowest BCUT2D eigenvalue weighted by Gasteiger charge is -2.19. The maximum atomic E-state index is 12.5. The summed E-state index contributed by atoms with van der Waals surface area (Å²) in [7, 11) is 0. The van der Waals surface area contributed by atoms with Gasteiger partial charge in [0.05, 0.1) is 6.10 Å². The molecular formula is C8H10F5IO. The summed E-state index contributed by atoms with van der Waals surface area (Å²) in [6, 6.07) is 0. The molecule has 15 heavy (non-hydrogen) atoms. The average Bonchev–Trinajstić information content (AvgIpc) is 1.99. The molecule has 1 unspecified atom stereocenters. The zero-order chi connectivity index (χ0) is 12.4. The Hall–Kier alpha value is 0.0800. The van der Waals surface area contributed by atoms with Crippen molar-refractivity contribution in [1.82, 2.24) is 0 Å². The van der Waals surface area contributed by atoms with E-state index in [1.165, 1.54) is 36.4 Å². The lowest BCUT2D eigenvalue weighted by atomic mass is 10.1. The molecule has 7 heteroatoms. The summed E-state index contributed by atoms with van der Waals surface area (Å²) in [5.41, 5.74) is 0. The van der Waals surface area contributed by atoms with Crippen molar-refractivity contribution in [2.24, 2.45) is 5.92 Å². The lowest BCUT2D eigenvalue weighted by molar-refractivity contribution is -0.259. The highest BCUT2D eigenvalue weighted by Crippen LogP contribution is 2.38. The van der Waals surface area contributed by atoms with Gasteiger partial charge in [-0.3, -0.25) is 0 Å². The van der Waals surface area contributed by atoms with E-state index in [9.17, 15) is 27.1 Å². The average molecular weight is 344 g/mol.